The van der Waals surface area contributed by atoms with E-state index in [1.165, 1.54) is 12.5 Å². The van der Waals surface area contributed by atoms with Crippen LogP contribution in [0.1, 0.15) is 22.2 Å². The van der Waals surface area contributed by atoms with Gasteiger partial charge in [-0.15, -0.1) is 0 Å². The van der Waals surface area contributed by atoms with Gasteiger partial charge < -0.3 is 20.9 Å². The topological polar surface area (TPSA) is 129 Å². The minimum Gasteiger partial charge on any atom is -0.479 e. The number of carbonyl (C=O) groups is 2. The molecule has 5 N–H and O–H groups in total. The van der Waals surface area contributed by atoms with Crippen molar-refractivity contribution >= 4 is 11.9 Å². The first kappa shape index (κ1) is 14.4. The Morgan fingerprint density at radius 2 is 1.89 bits per heavy atom. The lowest BCUT2D eigenvalue weighted by Crippen LogP contribution is -2.10. The fourth-order valence-corrected chi connectivity index (χ4v) is 1.17. The van der Waals surface area contributed by atoms with Crippen LogP contribution in [0.4, 0.5) is 0 Å². The highest BCUT2D eigenvalue weighted by atomic mass is 16.4. The van der Waals surface area contributed by atoms with E-state index in [0.29, 0.717) is 5.56 Å². The van der Waals surface area contributed by atoms with Gasteiger partial charge in [0.1, 0.15) is 5.69 Å². The van der Waals surface area contributed by atoms with Gasteiger partial charge in [-0.2, -0.15) is 0 Å². The molecule has 0 saturated heterocycles. The monoisotopic (exact) mass is 263 g/mol. The van der Waals surface area contributed by atoms with Crippen molar-refractivity contribution in [3.63, 3.8) is 0 Å². The van der Waals surface area contributed by atoms with Crippen molar-refractivity contribution in [1.82, 2.24) is 9.97 Å². The normalized spacial score (nSPS) is 11.0. The number of hydrogen-bond donors (Lipinski definition) is 4. The number of hydrogen-bond acceptors (Lipinski definition) is 4. The van der Waals surface area contributed by atoms with Gasteiger partial charge in [0, 0.05) is 6.20 Å². The van der Waals surface area contributed by atoms with Crippen molar-refractivity contribution in [2.75, 3.05) is 0 Å². The molecule has 2 rings (SSSR count). The molecule has 0 fully saturated rings. The number of primary amides is 1. The van der Waals surface area contributed by atoms with Crippen LogP contribution in [-0.4, -0.2) is 32.1 Å². The molecule has 7 nitrogen and oxygen atoms in total. The highest BCUT2D eigenvalue weighted by molar-refractivity contribution is 5.90. The number of nitrogens with two attached hydrogens (primary N) is 1. The molecule has 0 aliphatic carbocycles. The van der Waals surface area contributed by atoms with E-state index >= 15 is 0 Å². The van der Waals surface area contributed by atoms with Crippen molar-refractivity contribution in [3.05, 3.63) is 54.1 Å². The molecule has 0 bridgehead atoms. The third kappa shape index (κ3) is 4.60. The van der Waals surface area contributed by atoms with Gasteiger partial charge in [-0.05, 0) is 5.56 Å². The van der Waals surface area contributed by atoms with E-state index in [9.17, 15) is 9.59 Å². The number of aliphatic carboxylic acids is 1. The summed E-state index contributed by atoms with van der Waals surface area (Å²) in [5, 5.41) is 17.4. The van der Waals surface area contributed by atoms with E-state index in [4.69, 9.17) is 15.9 Å². The number of nitrogens with zero attached hydrogens (tertiary/aromatic N) is 1. The lowest BCUT2D eigenvalue weighted by atomic mass is 10.1. The molecular formula is C12H13N3O4. The molecule has 0 aliphatic heterocycles. The summed E-state index contributed by atoms with van der Waals surface area (Å²) < 4.78 is 0. The molecule has 0 radical (unpaired) electrons. The quantitative estimate of drug-likeness (QED) is 0.633. The van der Waals surface area contributed by atoms with Crippen LogP contribution in [0.25, 0.3) is 0 Å². The number of aromatic nitrogens is 2. The summed E-state index contributed by atoms with van der Waals surface area (Å²) in [7, 11) is 0. The largest absolute Gasteiger partial charge is 0.479 e. The van der Waals surface area contributed by atoms with Crippen LogP contribution >= 0.6 is 0 Å². The van der Waals surface area contributed by atoms with Crippen LogP contribution in [-0.2, 0) is 4.79 Å². The molecule has 1 atom stereocenters. The molecular weight excluding hydrogens is 250 g/mol. The number of benzene rings is 1. The summed E-state index contributed by atoms with van der Waals surface area (Å²) >= 11 is 0. The maximum Gasteiger partial charge on any atom is 0.337 e. The Bertz CT molecular complexity index is 525. The van der Waals surface area contributed by atoms with Crippen LogP contribution in [0, 0.1) is 0 Å². The first-order valence-electron chi connectivity index (χ1n) is 5.26. The number of nitrogens with one attached hydrogen (secondary N) is 1. The van der Waals surface area contributed by atoms with Gasteiger partial charge in [0.2, 0.25) is 0 Å². The number of imidazole rings is 1. The van der Waals surface area contributed by atoms with Crippen LogP contribution in [0.5, 0.6) is 0 Å². The van der Waals surface area contributed by atoms with Crippen LogP contribution in [0.15, 0.2) is 42.9 Å². The third-order valence-corrected chi connectivity index (χ3v) is 2.10. The summed E-state index contributed by atoms with van der Waals surface area (Å²) in [5.41, 5.74) is 5.51. The lowest BCUT2D eigenvalue weighted by molar-refractivity contribution is -0.146. The predicted molar refractivity (Wildman–Crippen MR) is 66.1 cm³/mol. The average Bonchev–Trinajstić information content (AvgIpc) is 2.93. The van der Waals surface area contributed by atoms with Crippen LogP contribution in [0.2, 0.25) is 0 Å². The zero-order chi connectivity index (χ0) is 14.3. The van der Waals surface area contributed by atoms with Gasteiger partial charge in [-0.25, -0.2) is 9.78 Å². The van der Waals surface area contributed by atoms with Gasteiger partial charge in [0.25, 0.3) is 5.91 Å². The maximum atomic E-state index is 10.2. The number of carboxylic acids is 1. The number of carboxylic acid groups (broad SMARTS) is 1. The van der Waals surface area contributed by atoms with Crippen LogP contribution in [0.3, 0.4) is 0 Å². The Kier molecular flexibility index (Phi) is 5.24. The number of amides is 1. The molecule has 0 saturated carbocycles. The Hall–Kier alpha value is -2.67. The number of carbonyl (C=O) groups excluding carboxylic acids is 1. The number of rotatable bonds is 3. The summed E-state index contributed by atoms with van der Waals surface area (Å²) in [6, 6.07) is 8.26. The van der Waals surface area contributed by atoms with Gasteiger partial charge in [-0.3, -0.25) is 4.79 Å². The second kappa shape index (κ2) is 6.92. The van der Waals surface area contributed by atoms with Crippen molar-refractivity contribution in [2.45, 2.75) is 6.10 Å². The summed E-state index contributed by atoms with van der Waals surface area (Å²) in [6.45, 7) is 0. The SMILES string of the molecule is NC(=O)c1c[nH]cn1.O=C(O)C(O)c1ccccc1. The van der Waals surface area contributed by atoms with E-state index in [2.05, 4.69) is 9.97 Å². The predicted octanol–water partition coefficient (Wildman–Crippen LogP) is 0.313. The summed E-state index contributed by atoms with van der Waals surface area (Å²) in [5.74, 6) is -1.73. The molecule has 7 heteroatoms. The van der Waals surface area contributed by atoms with E-state index in [1.54, 1.807) is 30.3 Å². The Morgan fingerprint density at radius 3 is 2.26 bits per heavy atom. The molecule has 0 aliphatic rings. The summed E-state index contributed by atoms with van der Waals surface area (Å²) in [6.07, 6.45) is 1.44. The van der Waals surface area contributed by atoms with Gasteiger partial charge >= 0.3 is 5.97 Å². The van der Waals surface area contributed by atoms with E-state index in [1.807, 2.05) is 0 Å². The Balaban J connectivity index is 0.000000200. The molecule has 1 aromatic carbocycles. The molecule has 19 heavy (non-hydrogen) atoms. The lowest BCUT2D eigenvalue weighted by Gasteiger charge is -2.03. The highest BCUT2D eigenvalue weighted by Crippen LogP contribution is 2.10. The van der Waals surface area contributed by atoms with Crippen molar-refractivity contribution in [1.29, 1.82) is 0 Å². The van der Waals surface area contributed by atoms with Gasteiger partial charge in [-0.1, -0.05) is 30.3 Å². The molecule has 1 aromatic heterocycles. The molecule has 2 aromatic rings. The van der Waals surface area contributed by atoms with Crippen molar-refractivity contribution < 1.29 is 19.8 Å². The Morgan fingerprint density at radius 1 is 1.26 bits per heavy atom. The zero-order valence-electron chi connectivity index (χ0n) is 9.85. The molecule has 100 valence electrons. The maximum absolute atomic E-state index is 10.2. The number of aromatic amines is 1. The van der Waals surface area contributed by atoms with E-state index < -0.39 is 18.0 Å². The smallest absolute Gasteiger partial charge is 0.337 e. The number of aliphatic hydroxyl groups excluding tert-OH is 1. The minimum absolute atomic E-state index is 0.269. The standard InChI is InChI=1S/C8H8O3.C4H5N3O/c9-7(8(10)11)6-4-2-1-3-5-6;5-4(8)3-1-6-2-7-3/h1-5,7,9H,(H,10,11);1-2H,(H2,5,8)(H,6,7). The van der Waals surface area contributed by atoms with Gasteiger partial charge in [0.15, 0.2) is 6.10 Å². The van der Waals surface area contributed by atoms with E-state index in [0.717, 1.165) is 0 Å². The fraction of sp³-hybridized carbons (Fsp3) is 0.0833. The first-order valence-corrected chi connectivity index (χ1v) is 5.26. The van der Waals surface area contributed by atoms with Crippen molar-refractivity contribution in [3.8, 4) is 0 Å². The summed E-state index contributed by atoms with van der Waals surface area (Å²) in [4.78, 5) is 26.6. The molecule has 1 heterocycles. The second-order valence-corrected chi connectivity index (χ2v) is 3.47. The molecule has 0 spiro atoms. The zero-order valence-corrected chi connectivity index (χ0v) is 9.85. The number of aliphatic hydroxyl groups is 1. The first-order chi connectivity index (χ1) is 9.02. The van der Waals surface area contributed by atoms with E-state index in [-0.39, 0.29) is 5.69 Å². The Labute approximate surface area is 108 Å². The minimum atomic E-state index is -1.41. The number of H-pyrrole nitrogens is 1. The fourth-order valence-electron chi connectivity index (χ4n) is 1.17. The average molecular weight is 263 g/mol. The molecule has 1 unspecified atom stereocenters. The highest BCUT2D eigenvalue weighted by Gasteiger charge is 2.14. The van der Waals surface area contributed by atoms with Crippen LogP contribution < -0.4 is 5.73 Å². The third-order valence-electron chi connectivity index (χ3n) is 2.10. The second-order valence-electron chi connectivity index (χ2n) is 3.47. The van der Waals surface area contributed by atoms with Gasteiger partial charge in [0.05, 0.1) is 6.33 Å². The van der Waals surface area contributed by atoms with Crippen molar-refractivity contribution in [2.24, 2.45) is 5.73 Å². The molecule has 1 amide bonds.